The number of ether oxygens (including phenoxy) is 2. The van der Waals surface area contributed by atoms with Gasteiger partial charge in [0.1, 0.15) is 0 Å². The van der Waals surface area contributed by atoms with E-state index >= 15 is 0 Å². The van der Waals surface area contributed by atoms with Crippen molar-refractivity contribution in [2.45, 2.75) is 45.1 Å². The lowest BCUT2D eigenvalue weighted by Gasteiger charge is -2.35. The van der Waals surface area contributed by atoms with Crippen molar-refractivity contribution in [3.8, 4) is 0 Å². The molecule has 0 radical (unpaired) electrons. The highest BCUT2D eigenvalue weighted by Gasteiger charge is 2.33. The van der Waals surface area contributed by atoms with E-state index < -0.39 is 0 Å². The molecule has 0 bridgehead atoms. The van der Waals surface area contributed by atoms with Crippen LogP contribution in [0.1, 0.15) is 49.3 Å². The Morgan fingerprint density at radius 3 is 2.67 bits per heavy atom. The standard InChI is InChI=1S/C24H40N4O2/c1-20-7-6-8-21(17-20)22(28-12-15-30-16-13-28)18-26-23(25-2)27-19-24(11-14-29-3)9-4-5-10-24/h6-8,17,22H,4-5,9-16,18-19H2,1-3H3,(H2,25,26,27). The molecule has 1 saturated carbocycles. The van der Waals surface area contributed by atoms with E-state index in [2.05, 4.69) is 51.7 Å². The molecule has 1 atom stereocenters. The van der Waals surface area contributed by atoms with Gasteiger partial charge in [-0.15, -0.1) is 0 Å². The van der Waals surface area contributed by atoms with Gasteiger partial charge in [0.2, 0.25) is 0 Å². The van der Waals surface area contributed by atoms with E-state index in [0.717, 1.165) is 58.4 Å². The van der Waals surface area contributed by atoms with Crippen LogP contribution < -0.4 is 10.6 Å². The van der Waals surface area contributed by atoms with Crippen LogP contribution >= 0.6 is 0 Å². The SMILES string of the molecule is CN=C(NCC(c1cccc(C)c1)N1CCOCC1)NCC1(CCOC)CCCC1. The summed E-state index contributed by atoms with van der Waals surface area (Å²) in [5, 5.41) is 7.23. The molecule has 1 aromatic rings. The third-order valence-electron chi connectivity index (χ3n) is 6.73. The second-order valence-corrected chi connectivity index (χ2v) is 8.83. The lowest BCUT2D eigenvalue weighted by molar-refractivity contribution is 0.0170. The van der Waals surface area contributed by atoms with Crippen LogP contribution in [-0.2, 0) is 9.47 Å². The highest BCUT2D eigenvalue weighted by Crippen LogP contribution is 2.40. The van der Waals surface area contributed by atoms with Crippen molar-refractivity contribution >= 4 is 5.96 Å². The number of benzene rings is 1. The molecule has 1 aliphatic heterocycles. The minimum absolute atomic E-state index is 0.307. The van der Waals surface area contributed by atoms with Crippen LogP contribution in [0.3, 0.4) is 0 Å². The number of rotatable bonds is 9. The van der Waals surface area contributed by atoms with Crippen molar-refractivity contribution in [3.05, 3.63) is 35.4 Å². The molecule has 0 aromatic heterocycles. The Hall–Kier alpha value is -1.63. The van der Waals surface area contributed by atoms with Gasteiger partial charge < -0.3 is 20.1 Å². The number of nitrogens with zero attached hydrogens (tertiary/aromatic N) is 2. The first-order valence-electron chi connectivity index (χ1n) is 11.5. The predicted molar refractivity (Wildman–Crippen MR) is 123 cm³/mol. The van der Waals surface area contributed by atoms with E-state index in [9.17, 15) is 0 Å². The predicted octanol–water partition coefficient (Wildman–Crippen LogP) is 3.13. The van der Waals surface area contributed by atoms with Gasteiger partial charge >= 0.3 is 0 Å². The van der Waals surface area contributed by atoms with Crippen LogP contribution in [0.4, 0.5) is 0 Å². The number of guanidine groups is 1. The van der Waals surface area contributed by atoms with Gasteiger partial charge in [-0.2, -0.15) is 0 Å². The van der Waals surface area contributed by atoms with Crippen LogP contribution in [0.25, 0.3) is 0 Å². The molecular weight excluding hydrogens is 376 g/mol. The number of hydrogen-bond donors (Lipinski definition) is 2. The zero-order chi connectivity index (χ0) is 21.2. The Kier molecular flexibility index (Phi) is 8.97. The van der Waals surface area contributed by atoms with Crippen LogP contribution in [0, 0.1) is 12.3 Å². The van der Waals surface area contributed by atoms with E-state index in [1.807, 2.05) is 7.05 Å². The average molecular weight is 417 g/mol. The molecule has 30 heavy (non-hydrogen) atoms. The molecule has 168 valence electrons. The molecule has 1 aromatic carbocycles. The zero-order valence-corrected chi connectivity index (χ0v) is 19.1. The van der Waals surface area contributed by atoms with E-state index in [0.29, 0.717) is 11.5 Å². The molecule has 1 unspecified atom stereocenters. The topological polar surface area (TPSA) is 58.1 Å². The van der Waals surface area contributed by atoms with E-state index in [-0.39, 0.29) is 0 Å². The summed E-state index contributed by atoms with van der Waals surface area (Å²) >= 11 is 0. The fourth-order valence-electron chi connectivity index (χ4n) is 4.87. The third-order valence-corrected chi connectivity index (χ3v) is 6.73. The van der Waals surface area contributed by atoms with Gasteiger partial charge in [-0.25, -0.2) is 0 Å². The van der Waals surface area contributed by atoms with Crippen LogP contribution in [0.5, 0.6) is 0 Å². The van der Waals surface area contributed by atoms with Gasteiger partial charge in [0.25, 0.3) is 0 Å². The molecule has 6 heteroatoms. The van der Waals surface area contributed by atoms with Crippen molar-refractivity contribution in [1.82, 2.24) is 15.5 Å². The summed E-state index contributed by atoms with van der Waals surface area (Å²) in [6.45, 7) is 8.32. The molecule has 2 aliphatic rings. The molecular formula is C24H40N4O2. The first kappa shape index (κ1) is 23.0. The summed E-state index contributed by atoms with van der Waals surface area (Å²) in [6, 6.07) is 9.17. The molecule has 2 N–H and O–H groups in total. The summed E-state index contributed by atoms with van der Waals surface area (Å²) in [5.74, 6) is 0.893. The quantitative estimate of drug-likeness (QED) is 0.478. The molecule has 6 nitrogen and oxygen atoms in total. The Bertz CT molecular complexity index is 667. The molecule has 0 spiro atoms. The van der Waals surface area contributed by atoms with Gasteiger partial charge in [-0.1, -0.05) is 42.7 Å². The van der Waals surface area contributed by atoms with Gasteiger partial charge in [0, 0.05) is 46.9 Å². The van der Waals surface area contributed by atoms with Crippen LogP contribution in [0.15, 0.2) is 29.3 Å². The van der Waals surface area contributed by atoms with Crippen molar-refractivity contribution < 1.29 is 9.47 Å². The summed E-state index contributed by atoms with van der Waals surface area (Å²) in [7, 11) is 3.66. The minimum atomic E-state index is 0.307. The Morgan fingerprint density at radius 2 is 2.00 bits per heavy atom. The summed E-state index contributed by atoms with van der Waals surface area (Å²) < 4.78 is 11.0. The largest absolute Gasteiger partial charge is 0.385 e. The first-order valence-corrected chi connectivity index (χ1v) is 11.5. The fourth-order valence-corrected chi connectivity index (χ4v) is 4.87. The van der Waals surface area contributed by atoms with Gasteiger partial charge in [-0.3, -0.25) is 9.89 Å². The maximum Gasteiger partial charge on any atom is 0.191 e. The van der Waals surface area contributed by atoms with Gasteiger partial charge in [0.15, 0.2) is 5.96 Å². The normalized spacial score (nSPS) is 20.8. The molecule has 1 aliphatic carbocycles. The molecule has 1 heterocycles. The average Bonchev–Trinajstić information content (AvgIpc) is 3.24. The fraction of sp³-hybridized carbons (Fsp3) is 0.708. The maximum atomic E-state index is 5.59. The van der Waals surface area contributed by atoms with E-state index in [4.69, 9.17) is 9.47 Å². The summed E-state index contributed by atoms with van der Waals surface area (Å²) in [5.41, 5.74) is 3.00. The first-order chi connectivity index (χ1) is 14.7. The van der Waals surface area contributed by atoms with Crippen molar-refractivity contribution in [2.75, 3.05) is 60.2 Å². The molecule has 1 saturated heterocycles. The molecule has 2 fully saturated rings. The van der Waals surface area contributed by atoms with Crippen LogP contribution in [-0.4, -0.2) is 71.0 Å². The summed E-state index contributed by atoms with van der Waals surface area (Å²) in [4.78, 5) is 7.03. The third kappa shape index (κ3) is 6.43. The second kappa shape index (κ2) is 11.7. The number of aryl methyl sites for hydroxylation is 1. The number of methoxy groups -OCH3 is 1. The number of aliphatic imine (C=N–C) groups is 1. The monoisotopic (exact) mass is 416 g/mol. The maximum absolute atomic E-state index is 5.59. The van der Waals surface area contributed by atoms with Crippen LogP contribution in [0.2, 0.25) is 0 Å². The number of hydrogen-bond acceptors (Lipinski definition) is 4. The lowest BCUT2D eigenvalue weighted by atomic mass is 9.83. The van der Waals surface area contributed by atoms with Crippen molar-refractivity contribution in [2.24, 2.45) is 10.4 Å². The van der Waals surface area contributed by atoms with Gasteiger partial charge in [0.05, 0.1) is 19.3 Å². The lowest BCUT2D eigenvalue weighted by Crippen LogP contribution is -2.48. The van der Waals surface area contributed by atoms with Crippen molar-refractivity contribution in [1.29, 1.82) is 0 Å². The molecule has 0 amide bonds. The van der Waals surface area contributed by atoms with Gasteiger partial charge in [-0.05, 0) is 37.2 Å². The Balaban J connectivity index is 1.61. The number of nitrogens with one attached hydrogen (secondary N) is 2. The van der Waals surface area contributed by atoms with E-state index in [1.165, 1.54) is 36.8 Å². The molecule has 3 rings (SSSR count). The Labute approximate surface area is 182 Å². The van der Waals surface area contributed by atoms with Crippen molar-refractivity contribution in [3.63, 3.8) is 0 Å². The summed E-state index contributed by atoms with van der Waals surface area (Å²) in [6.07, 6.45) is 6.32. The highest BCUT2D eigenvalue weighted by molar-refractivity contribution is 5.79. The highest BCUT2D eigenvalue weighted by atomic mass is 16.5. The second-order valence-electron chi connectivity index (χ2n) is 8.83. The zero-order valence-electron chi connectivity index (χ0n) is 19.1. The Morgan fingerprint density at radius 1 is 1.23 bits per heavy atom. The smallest absolute Gasteiger partial charge is 0.191 e. The van der Waals surface area contributed by atoms with E-state index in [1.54, 1.807) is 7.11 Å². The number of morpholine rings is 1. The minimum Gasteiger partial charge on any atom is -0.385 e.